The number of nitriles is 2. The fraction of sp³-hybridized carbons (Fsp3) is 0.333. The summed E-state index contributed by atoms with van der Waals surface area (Å²) in [5.41, 5.74) is 3.22. The van der Waals surface area contributed by atoms with E-state index in [4.69, 9.17) is 4.99 Å². The Kier molecular flexibility index (Phi) is 4.12. The Hall–Kier alpha value is -2.48. The minimum Gasteiger partial charge on any atom is -0.309 e. The molecule has 3 unspecified atom stereocenters. The third kappa shape index (κ3) is 2.57. The fourth-order valence-electron chi connectivity index (χ4n) is 3.75. The maximum absolute atomic E-state index is 9.96. The summed E-state index contributed by atoms with van der Waals surface area (Å²) in [6, 6.07) is 10.3. The Bertz CT molecular complexity index is 926. The number of nitrogens with one attached hydrogen (secondary N) is 2. The number of benzene rings is 1. The van der Waals surface area contributed by atoms with Gasteiger partial charge in [0.2, 0.25) is 0 Å². The van der Waals surface area contributed by atoms with Crippen LogP contribution in [0, 0.1) is 28.6 Å². The van der Waals surface area contributed by atoms with Crippen LogP contribution in [0.25, 0.3) is 0 Å². The van der Waals surface area contributed by atoms with E-state index in [1.807, 2.05) is 12.1 Å². The summed E-state index contributed by atoms with van der Waals surface area (Å²) in [5.74, 6) is 0.0942. The summed E-state index contributed by atoms with van der Waals surface area (Å²) in [5, 5.41) is 29.8. The number of rotatable bonds is 2. The average Bonchev–Trinajstić information content (AvgIpc) is 3.31. The summed E-state index contributed by atoms with van der Waals surface area (Å²) in [6.07, 6.45) is 3.79. The van der Waals surface area contributed by atoms with Crippen molar-refractivity contribution in [2.45, 2.75) is 24.8 Å². The molecule has 0 aliphatic carbocycles. The first-order valence-corrected chi connectivity index (χ1v) is 8.97. The van der Waals surface area contributed by atoms with Gasteiger partial charge in [0.25, 0.3) is 0 Å². The molecule has 1 saturated heterocycles. The molecule has 0 saturated carbocycles. The molecule has 0 radical (unpaired) electrons. The number of hydrogen-bond donors (Lipinski definition) is 2. The lowest BCUT2D eigenvalue weighted by Gasteiger charge is -2.30. The van der Waals surface area contributed by atoms with E-state index in [1.54, 1.807) is 12.3 Å². The summed E-state index contributed by atoms with van der Waals surface area (Å²) in [6.45, 7) is 0.940. The molecule has 0 spiro atoms. The number of aliphatic imine (C=N–C) groups is 1. The van der Waals surface area contributed by atoms with Gasteiger partial charge >= 0.3 is 0 Å². The smallest absolute Gasteiger partial charge is 0.151 e. The summed E-state index contributed by atoms with van der Waals surface area (Å²) in [4.78, 5) is 4.72. The van der Waals surface area contributed by atoms with Crippen molar-refractivity contribution in [3.8, 4) is 12.1 Å². The molecule has 0 amide bonds. The molecule has 0 bridgehead atoms. The highest BCUT2D eigenvalue weighted by atomic mass is 79.9. The van der Waals surface area contributed by atoms with Crippen LogP contribution in [-0.2, 0) is 0 Å². The third-order valence-corrected chi connectivity index (χ3v) is 5.80. The molecule has 2 aliphatic heterocycles. The quantitative estimate of drug-likeness (QED) is 0.816. The topological polar surface area (TPSA) is 101 Å². The number of H-pyrrole nitrogens is 1. The van der Waals surface area contributed by atoms with Gasteiger partial charge < -0.3 is 5.32 Å². The lowest BCUT2D eigenvalue weighted by atomic mass is 9.76. The molecule has 4 rings (SSSR count). The van der Waals surface area contributed by atoms with Crippen LogP contribution >= 0.6 is 15.9 Å². The zero-order valence-electron chi connectivity index (χ0n) is 13.3. The average molecular weight is 395 g/mol. The van der Waals surface area contributed by atoms with Crippen LogP contribution in [0.2, 0.25) is 0 Å². The molecular weight excluding hydrogens is 380 g/mol. The van der Waals surface area contributed by atoms with Crippen LogP contribution < -0.4 is 5.32 Å². The van der Waals surface area contributed by atoms with Crippen molar-refractivity contribution in [1.82, 2.24) is 15.5 Å². The molecule has 124 valence electrons. The molecule has 3 atom stereocenters. The first-order chi connectivity index (χ1) is 12.2. The number of aromatic amines is 1. The Balaban J connectivity index is 1.89. The molecule has 6 nitrogen and oxygen atoms in total. The minimum atomic E-state index is -0.397. The number of aromatic nitrogens is 2. The van der Waals surface area contributed by atoms with Gasteiger partial charge in [-0.25, -0.2) is 4.99 Å². The second kappa shape index (κ2) is 6.44. The van der Waals surface area contributed by atoms with E-state index in [2.05, 4.69) is 43.6 Å². The van der Waals surface area contributed by atoms with Crippen LogP contribution in [0.1, 0.15) is 35.4 Å². The number of fused-ring (bicyclic) bond motifs is 1. The van der Waals surface area contributed by atoms with Gasteiger partial charge in [0, 0.05) is 22.0 Å². The van der Waals surface area contributed by atoms with Gasteiger partial charge in [-0.2, -0.15) is 15.6 Å². The van der Waals surface area contributed by atoms with Crippen molar-refractivity contribution >= 4 is 27.5 Å². The van der Waals surface area contributed by atoms with E-state index < -0.39 is 5.92 Å². The molecular formula is C18H15BrN6. The van der Waals surface area contributed by atoms with Crippen molar-refractivity contribution < 1.29 is 0 Å². The van der Waals surface area contributed by atoms with Gasteiger partial charge in [-0.05, 0) is 46.9 Å². The second-order valence-electron chi connectivity index (χ2n) is 6.26. The maximum Gasteiger partial charge on any atom is 0.151 e. The molecule has 25 heavy (non-hydrogen) atoms. The van der Waals surface area contributed by atoms with Crippen molar-refractivity contribution in [3.63, 3.8) is 0 Å². The van der Waals surface area contributed by atoms with Crippen LogP contribution in [0.4, 0.5) is 5.82 Å². The highest BCUT2D eigenvalue weighted by Crippen LogP contribution is 2.44. The van der Waals surface area contributed by atoms with Gasteiger partial charge in [-0.3, -0.25) is 5.10 Å². The first kappa shape index (κ1) is 16.0. The summed E-state index contributed by atoms with van der Waals surface area (Å²) >= 11 is 3.56. The molecule has 2 aliphatic rings. The van der Waals surface area contributed by atoms with Crippen molar-refractivity contribution in [2.75, 3.05) is 6.54 Å². The second-order valence-corrected chi connectivity index (χ2v) is 7.06. The molecule has 1 aromatic carbocycles. The monoisotopic (exact) mass is 394 g/mol. The van der Waals surface area contributed by atoms with Crippen molar-refractivity contribution in [1.29, 1.82) is 10.5 Å². The fourth-order valence-corrected chi connectivity index (χ4v) is 4.35. The zero-order valence-corrected chi connectivity index (χ0v) is 14.9. The van der Waals surface area contributed by atoms with E-state index in [0.717, 1.165) is 40.7 Å². The zero-order chi connectivity index (χ0) is 17.4. The highest BCUT2D eigenvalue weighted by molar-refractivity contribution is 9.10. The predicted octanol–water partition coefficient (Wildman–Crippen LogP) is 3.15. The normalized spacial score (nSPS) is 24.9. The van der Waals surface area contributed by atoms with Crippen LogP contribution in [0.15, 0.2) is 33.9 Å². The number of hydrogen-bond acceptors (Lipinski definition) is 5. The Morgan fingerprint density at radius 1 is 1.24 bits per heavy atom. The van der Waals surface area contributed by atoms with Crippen molar-refractivity contribution in [3.05, 3.63) is 45.6 Å². The molecule has 1 aromatic heterocycles. The van der Waals surface area contributed by atoms with Gasteiger partial charge in [0.1, 0.15) is 6.07 Å². The van der Waals surface area contributed by atoms with E-state index >= 15 is 0 Å². The Morgan fingerprint density at radius 3 is 2.84 bits per heavy atom. The minimum absolute atomic E-state index is 0.113. The standard InChI is InChI=1S/C18H15BrN6/c19-16-10(7-20)3-1-4-11(16)15-12(8-21)17(14-5-2-6-22-14)24-18-13(15)9-23-25-18/h1,3-4,9,12,14-15,22H,2,5-6H2,(H,23,25). The van der Waals surface area contributed by atoms with E-state index in [0.29, 0.717) is 11.4 Å². The SMILES string of the molecule is N#Cc1cccc(C2c3cn[nH]c3N=C(C3CCCN3)C2C#N)c1Br. The lowest BCUT2D eigenvalue weighted by Crippen LogP contribution is -2.39. The largest absolute Gasteiger partial charge is 0.309 e. The van der Waals surface area contributed by atoms with Crippen LogP contribution in [0.3, 0.4) is 0 Å². The van der Waals surface area contributed by atoms with E-state index in [-0.39, 0.29) is 12.0 Å². The number of halogens is 1. The van der Waals surface area contributed by atoms with Crippen LogP contribution in [-0.4, -0.2) is 28.5 Å². The van der Waals surface area contributed by atoms with Crippen molar-refractivity contribution in [2.24, 2.45) is 10.9 Å². The van der Waals surface area contributed by atoms with Gasteiger partial charge in [-0.1, -0.05) is 12.1 Å². The summed E-state index contributed by atoms with van der Waals surface area (Å²) in [7, 11) is 0. The predicted molar refractivity (Wildman–Crippen MR) is 96.5 cm³/mol. The Labute approximate surface area is 153 Å². The van der Waals surface area contributed by atoms with Gasteiger partial charge in [0.15, 0.2) is 5.82 Å². The van der Waals surface area contributed by atoms with Crippen LogP contribution in [0.5, 0.6) is 0 Å². The maximum atomic E-state index is 9.96. The molecule has 2 N–H and O–H groups in total. The Morgan fingerprint density at radius 2 is 2.12 bits per heavy atom. The third-order valence-electron chi connectivity index (χ3n) is 4.92. The van der Waals surface area contributed by atoms with Gasteiger partial charge in [-0.15, -0.1) is 0 Å². The molecule has 7 heteroatoms. The molecule has 2 aromatic rings. The first-order valence-electron chi connectivity index (χ1n) is 8.18. The molecule has 1 fully saturated rings. The van der Waals surface area contributed by atoms with E-state index in [9.17, 15) is 10.5 Å². The van der Waals surface area contributed by atoms with E-state index in [1.165, 1.54) is 0 Å². The molecule has 3 heterocycles. The van der Waals surface area contributed by atoms with Gasteiger partial charge in [0.05, 0.1) is 29.5 Å². The highest BCUT2D eigenvalue weighted by Gasteiger charge is 2.40. The number of nitrogens with zero attached hydrogens (tertiary/aromatic N) is 4. The lowest BCUT2D eigenvalue weighted by molar-refractivity contribution is 0.653. The summed E-state index contributed by atoms with van der Waals surface area (Å²) < 4.78 is 0.732.